The molecular weight excluding hydrogens is 180 g/mol. The summed E-state index contributed by atoms with van der Waals surface area (Å²) in [6.45, 7) is 1.87. The zero-order valence-electron chi connectivity index (χ0n) is 7.75. The molecule has 14 heavy (non-hydrogen) atoms. The van der Waals surface area contributed by atoms with Crippen LogP contribution >= 0.6 is 0 Å². The van der Waals surface area contributed by atoms with E-state index in [4.69, 9.17) is 5.11 Å². The van der Waals surface area contributed by atoms with E-state index >= 15 is 0 Å². The molecule has 0 atom stereocenters. The second-order valence-corrected chi connectivity index (χ2v) is 2.91. The highest BCUT2D eigenvalue weighted by atomic mass is 16.3. The van der Waals surface area contributed by atoms with Crippen molar-refractivity contribution in [3.8, 4) is 5.82 Å². The smallest absolute Gasteiger partial charge is 0.175 e. The van der Waals surface area contributed by atoms with Gasteiger partial charge in [-0.05, 0) is 19.1 Å². The van der Waals surface area contributed by atoms with Crippen molar-refractivity contribution in [2.24, 2.45) is 0 Å². The number of aliphatic hydroxyl groups excluding tert-OH is 1. The monoisotopic (exact) mass is 190 g/mol. The quantitative estimate of drug-likeness (QED) is 0.747. The van der Waals surface area contributed by atoms with Gasteiger partial charge in [-0.3, -0.25) is 0 Å². The lowest BCUT2D eigenvalue weighted by Gasteiger charge is -2.01. The molecule has 0 amide bonds. The predicted molar refractivity (Wildman–Crippen MR) is 49.8 cm³/mol. The first-order valence-electron chi connectivity index (χ1n) is 4.25. The number of nitrogens with zero attached hydrogens (tertiary/aromatic N) is 4. The van der Waals surface area contributed by atoms with Crippen LogP contribution in [0.25, 0.3) is 5.82 Å². The third-order valence-corrected chi connectivity index (χ3v) is 2.06. The lowest BCUT2D eigenvalue weighted by Crippen LogP contribution is -2.02. The molecule has 2 aromatic rings. The highest BCUT2D eigenvalue weighted by Crippen LogP contribution is 2.10. The topological polar surface area (TPSA) is 63.8 Å². The number of hydrogen-bond donors (Lipinski definition) is 1. The van der Waals surface area contributed by atoms with Crippen LogP contribution in [0.5, 0.6) is 0 Å². The molecule has 1 N–H and O–H groups in total. The fourth-order valence-electron chi connectivity index (χ4n) is 1.24. The van der Waals surface area contributed by atoms with Crippen molar-refractivity contribution >= 4 is 0 Å². The summed E-state index contributed by atoms with van der Waals surface area (Å²) in [5, 5.41) is 20.8. The molecule has 0 saturated heterocycles. The maximum absolute atomic E-state index is 8.99. The van der Waals surface area contributed by atoms with Crippen LogP contribution in [0.1, 0.15) is 11.3 Å². The first kappa shape index (κ1) is 8.83. The highest BCUT2D eigenvalue weighted by molar-refractivity contribution is 5.26. The maximum Gasteiger partial charge on any atom is 0.175 e. The fraction of sp³-hybridized carbons (Fsp3) is 0.222. The average Bonchev–Trinajstić information content (AvgIpc) is 2.61. The molecule has 0 bridgehead atoms. The molecule has 0 spiro atoms. The Kier molecular flexibility index (Phi) is 2.24. The van der Waals surface area contributed by atoms with Crippen LogP contribution in [0, 0.1) is 6.92 Å². The summed E-state index contributed by atoms with van der Waals surface area (Å²) in [5.41, 5.74) is 1.68. The maximum atomic E-state index is 8.99. The minimum Gasteiger partial charge on any atom is -0.392 e. The van der Waals surface area contributed by atoms with Crippen molar-refractivity contribution in [3.05, 3.63) is 35.8 Å². The molecule has 0 fully saturated rings. The van der Waals surface area contributed by atoms with E-state index in [9.17, 15) is 0 Å². The van der Waals surface area contributed by atoms with Gasteiger partial charge in [0.2, 0.25) is 0 Å². The lowest BCUT2D eigenvalue weighted by molar-refractivity contribution is 0.281. The first-order chi connectivity index (χ1) is 6.83. The van der Waals surface area contributed by atoms with Gasteiger partial charge < -0.3 is 5.11 Å². The Morgan fingerprint density at radius 1 is 1.50 bits per heavy atom. The van der Waals surface area contributed by atoms with Crippen molar-refractivity contribution in [3.63, 3.8) is 0 Å². The van der Waals surface area contributed by atoms with Gasteiger partial charge in [-0.2, -0.15) is 10.2 Å². The molecule has 5 heteroatoms. The van der Waals surface area contributed by atoms with E-state index in [1.165, 1.54) is 0 Å². The summed E-state index contributed by atoms with van der Waals surface area (Å²) in [4.78, 5) is 0. The summed E-state index contributed by atoms with van der Waals surface area (Å²) in [5.74, 6) is 0.657. The standard InChI is InChI=1S/C9H10N4O/c1-7-8(6-14)5-11-13(7)9-3-2-4-10-12-9/h2-5,14H,6H2,1H3. The first-order valence-corrected chi connectivity index (χ1v) is 4.25. The van der Waals surface area contributed by atoms with Crippen molar-refractivity contribution < 1.29 is 5.11 Å². The van der Waals surface area contributed by atoms with Crippen LogP contribution in [0.3, 0.4) is 0 Å². The highest BCUT2D eigenvalue weighted by Gasteiger charge is 2.07. The van der Waals surface area contributed by atoms with Gasteiger partial charge in [-0.15, -0.1) is 5.10 Å². The molecular formula is C9H10N4O. The van der Waals surface area contributed by atoms with Crippen molar-refractivity contribution in [1.29, 1.82) is 0 Å². The summed E-state index contributed by atoms with van der Waals surface area (Å²) in [7, 11) is 0. The van der Waals surface area contributed by atoms with E-state index in [1.54, 1.807) is 23.1 Å². The van der Waals surface area contributed by atoms with Gasteiger partial charge in [-0.1, -0.05) is 0 Å². The average molecular weight is 190 g/mol. The molecule has 72 valence electrons. The molecule has 0 saturated carbocycles. The Hall–Kier alpha value is -1.75. The molecule has 0 aliphatic rings. The zero-order chi connectivity index (χ0) is 9.97. The van der Waals surface area contributed by atoms with Gasteiger partial charge in [0.05, 0.1) is 12.8 Å². The zero-order valence-corrected chi connectivity index (χ0v) is 7.75. The summed E-state index contributed by atoms with van der Waals surface area (Å²) in [6, 6.07) is 3.61. The van der Waals surface area contributed by atoms with Crippen molar-refractivity contribution in [1.82, 2.24) is 20.0 Å². The minimum absolute atomic E-state index is 0.00784. The van der Waals surface area contributed by atoms with Gasteiger partial charge in [0, 0.05) is 17.5 Å². The lowest BCUT2D eigenvalue weighted by atomic mass is 10.3. The molecule has 0 aliphatic heterocycles. The summed E-state index contributed by atoms with van der Waals surface area (Å²) >= 11 is 0. The van der Waals surface area contributed by atoms with E-state index in [0.29, 0.717) is 5.82 Å². The minimum atomic E-state index is -0.00784. The van der Waals surface area contributed by atoms with Gasteiger partial charge >= 0.3 is 0 Å². The molecule has 0 unspecified atom stereocenters. The third kappa shape index (κ3) is 1.38. The Bertz CT molecular complexity index is 424. The van der Waals surface area contributed by atoms with Crippen LogP contribution < -0.4 is 0 Å². The van der Waals surface area contributed by atoms with Crippen molar-refractivity contribution in [2.75, 3.05) is 0 Å². The van der Waals surface area contributed by atoms with Crippen LogP contribution in [0.2, 0.25) is 0 Å². The second-order valence-electron chi connectivity index (χ2n) is 2.91. The summed E-state index contributed by atoms with van der Waals surface area (Å²) in [6.07, 6.45) is 3.24. The van der Waals surface area contributed by atoms with E-state index in [0.717, 1.165) is 11.3 Å². The molecule has 2 heterocycles. The van der Waals surface area contributed by atoms with Gasteiger partial charge in [0.25, 0.3) is 0 Å². The molecule has 2 aromatic heterocycles. The van der Waals surface area contributed by atoms with Gasteiger partial charge in [0.15, 0.2) is 5.82 Å². The molecule has 0 aromatic carbocycles. The SMILES string of the molecule is Cc1c(CO)cnn1-c1cccnn1. The molecule has 5 nitrogen and oxygen atoms in total. The van der Waals surface area contributed by atoms with Crippen LogP contribution in [-0.2, 0) is 6.61 Å². The van der Waals surface area contributed by atoms with E-state index < -0.39 is 0 Å². The largest absolute Gasteiger partial charge is 0.392 e. The predicted octanol–water partition coefficient (Wildman–Crippen LogP) is 0.463. The van der Waals surface area contributed by atoms with Gasteiger partial charge in [-0.25, -0.2) is 4.68 Å². The number of aromatic nitrogens is 4. The van der Waals surface area contributed by atoms with Crippen LogP contribution in [0.4, 0.5) is 0 Å². The summed E-state index contributed by atoms with van der Waals surface area (Å²) < 4.78 is 1.65. The van der Waals surface area contributed by atoms with Crippen LogP contribution in [-0.4, -0.2) is 25.1 Å². The normalized spacial score (nSPS) is 10.4. The second kappa shape index (κ2) is 3.55. The number of hydrogen-bond acceptors (Lipinski definition) is 4. The number of aliphatic hydroxyl groups is 1. The van der Waals surface area contributed by atoms with Crippen LogP contribution in [0.15, 0.2) is 24.5 Å². The van der Waals surface area contributed by atoms with Crippen molar-refractivity contribution in [2.45, 2.75) is 13.5 Å². The molecule has 0 aliphatic carbocycles. The Morgan fingerprint density at radius 2 is 2.36 bits per heavy atom. The Balaban J connectivity index is 2.48. The number of rotatable bonds is 2. The fourth-order valence-corrected chi connectivity index (χ4v) is 1.24. The van der Waals surface area contributed by atoms with E-state index in [1.807, 2.05) is 13.0 Å². The third-order valence-electron chi connectivity index (χ3n) is 2.06. The van der Waals surface area contributed by atoms with E-state index in [-0.39, 0.29) is 6.61 Å². The Labute approximate surface area is 81.0 Å². The molecule has 0 radical (unpaired) electrons. The van der Waals surface area contributed by atoms with Gasteiger partial charge in [0.1, 0.15) is 0 Å². The molecule has 2 rings (SSSR count). The Morgan fingerprint density at radius 3 is 2.93 bits per heavy atom. The van der Waals surface area contributed by atoms with E-state index in [2.05, 4.69) is 15.3 Å².